The molecule has 1 fully saturated rings. The van der Waals surface area contributed by atoms with Crippen LogP contribution in [0.1, 0.15) is 31.0 Å². The second kappa shape index (κ2) is 7.75. The minimum atomic E-state index is -3.13. The highest BCUT2D eigenvalue weighted by atomic mass is 32.2. The van der Waals surface area contributed by atoms with Crippen molar-refractivity contribution in [3.05, 3.63) is 47.7 Å². The highest BCUT2D eigenvalue weighted by molar-refractivity contribution is 7.91. The molecule has 1 N–H and O–H groups in total. The number of fused-ring (bicyclic) bond motifs is 1. The molecular formula is C22H25FN6O3S. The van der Waals surface area contributed by atoms with Crippen LogP contribution in [0.25, 0.3) is 17.2 Å². The van der Waals surface area contributed by atoms with Gasteiger partial charge in [0.15, 0.2) is 15.7 Å². The Kier molecular flexibility index (Phi) is 5.11. The maximum Gasteiger partial charge on any atom is 0.223 e. The monoisotopic (exact) mass is 472 g/mol. The van der Waals surface area contributed by atoms with Crippen LogP contribution in [0.3, 0.4) is 0 Å². The summed E-state index contributed by atoms with van der Waals surface area (Å²) in [7, 11) is -1.29. The first kappa shape index (κ1) is 21.7. The van der Waals surface area contributed by atoms with Crippen molar-refractivity contribution in [1.82, 2.24) is 29.9 Å². The van der Waals surface area contributed by atoms with Crippen LogP contribution in [0.4, 0.5) is 4.39 Å². The van der Waals surface area contributed by atoms with E-state index in [1.807, 2.05) is 13.1 Å². The number of pyridine rings is 1. The zero-order valence-corrected chi connectivity index (χ0v) is 19.3. The summed E-state index contributed by atoms with van der Waals surface area (Å²) in [5.41, 5.74) is 2.74. The van der Waals surface area contributed by atoms with Crippen LogP contribution in [-0.2, 0) is 34.5 Å². The van der Waals surface area contributed by atoms with E-state index >= 15 is 0 Å². The van der Waals surface area contributed by atoms with E-state index in [1.165, 1.54) is 6.07 Å². The molecule has 0 saturated carbocycles. The molecule has 0 spiro atoms. The molecule has 1 aliphatic heterocycles. The van der Waals surface area contributed by atoms with Crippen molar-refractivity contribution < 1.29 is 17.6 Å². The minimum Gasteiger partial charge on any atom is -0.350 e. The molecular weight excluding hydrogens is 447 g/mol. The predicted molar refractivity (Wildman–Crippen MR) is 119 cm³/mol. The predicted octanol–water partition coefficient (Wildman–Crippen LogP) is 1.61. The quantitative estimate of drug-likeness (QED) is 0.618. The van der Waals surface area contributed by atoms with Crippen LogP contribution in [0.15, 0.2) is 30.6 Å². The summed E-state index contributed by atoms with van der Waals surface area (Å²) >= 11 is 0. The highest BCUT2D eigenvalue weighted by Gasteiger charge is 2.41. The number of carbonyl (C=O) groups is 1. The molecule has 1 aliphatic carbocycles. The Morgan fingerprint density at radius 3 is 2.76 bits per heavy atom. The molecule has 1 amide bonds. The lowest BCUT2D eigenvalue weighted by Crippen LogP contribution is -2.50. The summed E-state index contributed by atoms with van der Waals surface area (Å²) in [6.07, 6.45) is 4.93. The Balaban J connectivity index is 1.48. The van der Waals surface area contributed by atoms with Crippen LogP contribution in [0.5, 0.6) is 0 Å². The Hall–Kier alpha value is -3.08. The van der Waals surface area contributed by atoms with Crippen LogP contribution in [0.2, 0.25) is 0 Å². The van der Waals surface area contributed by atoms with E-state index < -0.39 is 21.2 Å². The van der Waals surface area contributed by atoms with E-state index in [0.717, 1.165) is 28.8 Å². The Morgan fingerprint density at radius 2 is 2.12 bits per heavy atom. The molecule has 2 atom stereocenters. The maximum atomic E-state index is 13.5. The van der Waals surface area contributed by atoms with Gasteiger partial charge in [0.25, 0.3) is 0 Å². The molecule has 0 aromatic carbocycles. The molecule has 3 aromatic heterocycles. The van der Waals surface area contributed by atoms with Crippen molar-refractivity contribution in [2.75, 3.05) is 11.5 Å². The molecule has 1 saturated heterocycles. The minimum absolute atomic E-state index is 0.0359. The number of halogens is 1. The fourth-order valence-corrected chi connectivity index (χ4v) is 6.93. The number of amides is 1. The zero-order chi connectivity index (χ0) is 23.4. The van der Waals surface area contributed by atoms with Gasteiger partial charge in [-0.25, -0.2) is 22.5 Å². The second-order valence-electron chi connectivity index (χ2n) is 9.19. The number of aryl methyl sites for hydroxylation is 1. The summed E-state index contributed by atoms with van der Waals surface area (Å²) in [6, 6.07) is 4.77. The van der Waals surface area contributed by atoms with E-state index in [1.54, 1.807) is 28.6 Å². The zero-order valence-electron chi connectivity index (χ0n) is 18.5. The van der Waals surface area contributed by atoms with E-state index in [0.29, 0.717) is 31.5 Å². The first-order chi connectivity index (χ1) is 15.6. The average molecular weight is 473 g/mol. The van der Waals surface area contributed by atoms with Gasteiger partial charge in [0, 0.05) is 31.1 Å². The van der Waals surface area contributed by atoms with E-state index in [9.17, 15) is 17.6 Å². The fourth-order valence-electron chi connectivity index (χ4n) is 4.84. The van der Waals surface area contributed by atoms with Gasteiger partial charge in [-0.2, -0.15) is 10.2 Å². The van der Waals surface area contributed by atoms with Crippen molar-refractivity contribution >= 4 is 15.7 Å². The van der Waals surface area contributed by atoms with Crippen LogP contribution in [0, 0.1) is 11.7 Å². The Bertz CT molecular complexity index is 1330. The molecule has 11 heteroatoms. The third-order valence-corrected chi connectivity index (χ3v) is 8.47. The van der Waals surface area contributed by atoms with Crippen molar-refractivity contribution in [3.63, 3.8) is 0 Å². The van der Waals surface area contributed by atoms with Crippen LogP contribution in [-0.4, -0.2) is 55.9 Å². The number of carbonyl (C=O) groups excluding carboxylic acids is 1. The van der Waals surface area contributed by atoms with Gasteiger partial charge in [0.1, 0.15) is 11.5 Å². The number of sulfone groups is 1. The van der Waals surface area contributed by atoms with Gasteiger partial charge >= 0.3 is 0 Å². The normalized spacial score (nSPS) is 23.9. The first-order valence-corrected chi connectivity index (χ1v) is 12.7. The van der Waals surface area contributed by atoms with Gasteiger partial charge in [-0.05, 0) is 44.4 Å². The van der Waals surface area contributed by atoms with Crippen molar-refractivity contribution in [3.8, 4) is 17.2 Å². The number of nitrogens with one attached hydrogen (secondary N) is 1. The lowest BCUT2D eigenvalue weighted by Gasteiger charge is -2.29. The third-order valence-electron chi connectivity index (χ3n) is 6.56. The van der Waals surface area contributed by atoms with Gasteiger partial charge in [0.2, 0.25) is 5.91 Å². The van der Waals surface area contributed by atoms with Crippen molar-refractivity contribution in [1.29, 1.82) is 0 Å². The average Bonchev–Trinajstić information content (AvgIpc) is 3.43. The standard InChI is InChI=1S/C22H25FN6O3S/c1-22(8-10-33(31,32)13-22)26-21(30)14-3-5-16-18(11-14)29(19-6-4-15(23)12-24-19)27-20(16)17-7-9-25-28(17)2/h4,6-7,9,12,14H,3,5,8,10-11,13H2,1-2H3,(H,26,30)/t14?,22-/m0/s1. The molecule has 174 valence electrons. The van der Waals surface area contributed by atoms with Gasteiger partial charge < -0.3 is 5.32 Å². The Morgan fingerprint density at radius 1 is 1.30 bits per heavy atom. The van der Waals surface area contributed by atoms with Gasteiger partial charge in [-0.3, -0.25) is 9.48 Å². The molecule has 1 unspecified atom stereocenters. The van der Waals surface area contributed by atoms with E-state index in [2.05, 4.69) is 15.4 Å². The topological polar surface area (TPSA) is 112 Å². The first-order valence-electron chi connectivity index (χ1n) is 10.9. The number of hydrogen-bond donors (Lipinski definition) is 1. The molecule has 9 nitrogen and oxygen atoms in total. The number of rotatable bonds is 4. The van der Waals surface area contributed by atoms with Crippen molar-refractivity contribution in [2.45, 2.75) is 38.1 Å². The Labute approximate surface area is 190 Å². The van der Waals surface area contributed by atoms with Gasteiger partial charge in [0.05, 0.1) is 34.6 Å². The highest BCUT2D eigenvalue weighted by Crippen LogP contribution is 2.35. The lowest BCUT2D eigenvalue weighted by atomic mass is 9.85. The SMILES string of the molecule is Cn1nccc1-c1nn(-c2ccc(F)cn2)c2c1CCC(C(=O)N[C@@]1(C)CCS(=O)(=O)C1)C2. The second-order valence-corrected chi connectivity index (χ2v) is 11.4. The molecule has 4 heterocycles. The fraction of sp³-hybridized carbons (Fsp3) is 0.455. The third kappa shape index (κ3) is 4.05. The smallest absolute Gasteiger partial charge is 0.223 e. The molecule has 0 bridgehead atoms. The molecule has 3 aromatic rings. The maximum absolute atomic E-state index is 13.5. The largest absolute Gasteiger partial charge is 0.350 e. The molecule has 2 aliphatic rings. The summed E-state index contributed by atoms with van der Waals surface area (Å²) in [6.45, 7) is 1.79. The summed E-state index contributed by atoms with van der Waals surface area (Å²) < 4.78 is 40.8. The molecule has 33 heavy (non-hydrogen) atoms. The molecule has 0 radical (unpaired) electrons. The van der Waals surface area contributed by atoms with Crippen LogP contribution < -0.4 is 5.32 Å². The van der Waals surface area contributed by atoms with E-state index in [4.69, 9.17) is 5.10 Å². The van der Waals surface area contributed by atoms with E-state index in [-0.39, 0.29) is 23.3 Å². The van der Waals surface area contributed by atoms with Crippen molar-refractivity contribution in [2.24, 2.45) is 13.0 Å². The van der Waals surface area contributed by atoms with Gasteiger partial charge in [-0.15, -0.1) is 0 Å². The number of nitrogens with zero attached hydrogens (tertiary/aromatic N) is 5. The number of hydrogen-bond acceptors (Lipinski definition) is 6. The molecule has 5 rings (SSSR count). The lowest BCUT2D eigenvalue weighted by molar-refractivity contribution is -0.126. The number of aromatic nitrogens is 5. The van der Waals surface area contributed by atoms with Crippen LogP contribution >= 0.6 is 0 Å². The van der Waals surface area contributed by atoms with Gasteiger partial charge in [-0.1, -0.05) is 0 Å². The summed E-state index contributed by atoms with van der Waals surface area (Å²) in [5.74, 6) is -0.392. The summed E-state index contributed by atoms with van der Waals surface area (Å²) in [5, 5.41) is 12.0. The summed E-state index contributed by atoms with van der Waals surface area (Å²) in [4.78, 5) is 17.3.